The van der Waals surface area contributed by atoms with Gasteiger partial charge in [0.15, 0.2) is 6.29 Å². The first-order valence-corrected chi connectivity index (χ1v) is 5.93. The Kier molecular flexibility index (Phi) is 2.49. The Bertz CT molecular complexity index is 711. The number of carbonyl (C=O) groups excluding carboxylic acids is 1. The lowest BCUT2D eigenvalue weighted by Gasteiger charge is -2.01. The van der Waals surface area contributed by atoms with E-state index < -0.39 is 0 Å². The summed E-state index contributed by atoms with van der Waals surface area (Å²) < 4.78 is 2.06. The minimum absolute atomic E-state index is 0.763. The molecule has 2 aromatic heterocycles. The van der Waals surface area contributed by atoms with Crippen molar-refractivity contribution in [2.75, 3.05) is 0 Å². The summed E-state index contributed by atoms with van der Waals surface area (Å²) in [5, 5.41) is 0. The minimum atomic E-state index is 0.763. The molecule has 0 atom stereocenters. The van der Waals surface area contributed by atoms with Gasteiger partial charge in [0.1, 0.15) is 0 Å². The minimum Gasteiger partial charge on any atom is -0.320 e. The van der Waals surface area contributed by atoms with Crippen molar-refractivity contribution in [1.29, 1.82) is 0 Å². The van der Waals surface area contributed by atoms with Crippen molar-refractivity contribution in [2.45, 2.75) is 6.92 Å². The van der Waals surface area contributed by atoms with Gasteiger partial charge in [-0.05, 0) is 24.6 Å². The molecule has 0 bridgehead atoms. The number of carbonyl (C=O) groups is 1. The van der Waals surface area contributed by atoms with Gasteiger partial charge < -0.3 is 4.40 Å². The fraction of sp³-hybridized carbons (Fsp3) is 0.0625. The number of aryl methyl sites for hydroxylation is 1. The maximum absolute atomic E-state index is 11.4. The molecule has 3 aromatic rings. The lowest BCUT2D eigenvalue weighted by molar-refractivity contribution is 0.112. The predicted molar refractivity (Wildman–Crippen MR) is 73.0 cm³/mol. The average molecular weight is 235 g/mol. The SMILES string of the molecule is Cc1c(-c2ccccc2)c(C=O)c2ccccn12. The molecule has 0 aliphatic rings. The third kappa shape index (κ3) is 1.46. The second-order valence-electron chi connectivity index (χ2n) is 4.31. The standard InChI is InChI=1S/C16H13NO/c1-12-16(13-7-3-2-4-8-13)14(11-18)15-9-5-6-10-17(12)15/h2-11H,1H3. The Balaban J connectivity index is 2.42. The number of nitrogens with zero attached hydrogens (tertiary/aromatic N) is 1. The first-order valence-electron chi connectivity index (χ1n) is 5.93. The Labute approximate surface area is 105 Å². The summed E-state index contributed by atoms with van der Waals surface area (Å²) in [6.07, 6.45) is 2.94. The van der Waals surface area contributed by atoms with Crippen LogP contribution in [0, 0.1) is 6.92 Å². The molecule has 1 aromatic carbocycles. The van der Waals surface area contributed by atoms with Crippen LogP contribution in [-0.4, -0.2) is 10.7 Å². The van der Waals surface area contributed by atoms with Crippen LogP contribution in [0.25, 0.3) is 16.6 Å². The zero-order valence-electron chi connectivity index (χ0n) is 10.1. The summed E-state index contributed by atoms with van der Waals surface area (Å²) in [7, 11) is 0. The molecule has 0 fully saturated rings. The summed E-state index contributed by atoms with van der Waals surface area (Å²) in [5.41, 5.74) is 4.93. The monoisotopic (exact) mass is 235 g/mol. The predicted octanol–water partition coefficient (Wildman–Crippen LogP) is 3.73. The van der Waals surface area contributed by atoms with E-state index >= 15 is 0 Å². The largest absolute Gasteiger partial charge is 0.320 e. The first-order chi connectivity index (χ1) is 8.83. The molecule has 18 heavy (non-hydrogen) atoms. The van der Waals surface area contributed by atoms with Gasteiger partial charge in [0.2, 0.25) is 0 Å². The molecular formula is C16H13NO. The van der Waals surface area contributed by atoms with Crippen molar-refractivity contribution in [3.05, 3.63) is 66.0 Å². The Morgan fingerprint density at radius 2 is 1.72 bits per heavy atom. The molecular weight excluding hydrogens is 222 g/mol. The van der Waals surface area contributed by atoms with E-state index in [-0.39, 0.29) is 0 Å². The number of pyridine rings is 1. The highest BCUT2D eigenvalue weighted by Gasteiger charge is 2.15. The van der Waals surface area contributed by atoms with Gasteiger partial charge in [-0.3, -0.25) is 4.79 Å². The molecule has 2 heterocycles. The number of aldehydes is 1. The highest BCUT2D eigenvalue weighted by atomic mass is 16.1. The van der Waals surface area contributed by atoms with Crippen molar-refractivity contribution in [3.63, 3.8) is 0 Å². The van der Waals surface area contributed by atoms with Gasteiger partial charge in [-0.25, -0.2) is 0 Å². The molecule has 0 saturated heterocycles. The summed E-state index contributed by atoms with van der Waals surface area (Å²) in [6, 6.07) is 15.9. The number of fused-ring (bicyclic) bond motifs is 1. The van der Waals surface area contributed by atoms with Crippen LogP contribution >= 0.6 is 0 Å². The molecule has 2 heteroatoms. The zero-order valence-corrected chi connectivity index (χ0v) is 10.1. The van der Waals surface area contributed by atoms with Gasteiger partial charge in [0.25, 0.3) is 0 Å². The van der Waals surface area contributed by atoms with Gasteiger partial charge in [0.05, 0.1) is 5.52 Å². The number of hydrogen-bond donors (Lipinski definition) is 0. The van der Waals surface area contributed by atoms with Crippen LogP contribution in [0.3, 0.4) is 0 Å². The molecule has 0 saturated carbocycles. The molecule has 3 rings (SSSR count). The number of benzene rings is 1. The van der Waals surface area contributed by atoms with E-state index in [9.17, 15) is 4.79 Å². The van der Waals surface area contributed by atoms with Crippen LogP contribution in [0.2, 0.25) is 0 Å². The molecule has 0 aliphatic carbocycles. The fourth-order valence-electron chi connectivity index (χ4n) is 2.49. The number of aromatic nitrogens is 1. The normalized spacial score (nSPS) is 10.7. The Hall–Kier alpha value is -2.35. The van der Waals surface area contributed by atoms with Crippen LogP contribution in [-0.2, 0) is 0 Å². The highest BCUT2D eigenvalue weighted by molar-refractivity contribution is 5.98. The summed E-state index contributed by atoms with van der Waals surface area (Å²) >= 11 is 0. The quantitative estimate of drug-likeness (QED) is 0.620. The maximum atomic E-state index is 11.4. The van der Waals surface area contributed by atoms with E-state index in [1.807, 2.05) is 61.7 Å². The highest BCUT2D eigenvalue weighted by Crippen LogP contribution is 2.31. The lowest BCUT2D eigenvalue weighted by Crippen LogP contribution is -1.85. The van der Waals surface area contributed by atoms with Crippen LogP contribution in [0.5, 0.6) is 0 Å². The van der Waals surface area contributed by atoms with Gasteiger partial charge in [-0.15, -0.1) is 0 Å². The smallest absolute Gasteiger partial charge is 0.152 e. The van der Waals surface area contributed by atoms with E-state index in [0.29, 0.717) is 0 Å². The van der Waals surface area contributed by atoms with Crippen LogP contribution in [0.1, 0.15) is 16.1 Å². The lowest BCUT2D eigenvalue weighted by atomic mass is 10.0. The molecule has 0 spiro atoms. The molecule has 0 N–H and O–H groups in total. The first kappa shape index (κ1) is 10.8. The van der Waals surface area contributed by atoms with Crippen molar-refractivity contribution in [2.24, 2.45) is 0 Å². The topological polar surface area (TPSA) is 21.5 Å². The van der Waals surface area contributed by atoms with Crippen molar-refractivity contribution in [1.82, 2.24) is 4.40 Å². The fourth-order valence-corrected chi connectivity index (χ4v) is 2.49. The van der Waals surface area contributed by atoms with Crippen molar-refractivity contribution in [3.8, 4) is 11.1 Å². The van der Waals surface area contributed by atoms with E-state index in [1.54, 1.807) is 0 Å². The second-order valence-corrected chi connectivity index (χ2v) is 4.31. The zero-order chi connectivity index (χ0) is 12.5. The maximum Gasteiger partial charge on any atom is 0.152 e. The van der Waals surface area contributed by atoms with Crippen molar-refractivity contribution >= 4 is 11.8 Å². The molecule has 2 nitrogen and oxygen atoms in total. The van der Waals surface area contributed by atoms with Gasteiger partial charge >= 0.3 is 0 Å². The van der Waals surface area contributed by atoms with E-state index in [2.05, 4.69) is 4.40 Å². The molecule has 88 valence electrons. The Morgan fingerprint density at radius 3 is 2.44 bits per heavy atom. The van der Waals surface area contributed by atoms with Gasteiger partial charge in [0, 0.05) is 23.0 Å². The molecule has 0 aliphatic heterocycles. The molecule has 0 unspecified atom stereocenters. The molecule has 0 amide bonds. The summed E-state index contributed by atoms with van der Waals surface area (Å²) in [4.78, 5) is 11.4. The van der Waals surface area contributed by atoms with Crippen LogP contribution in [0.15, 0.2) is 54.7 Å². The summed E-state index contributed by atoms with van der Waals surface area (Å²) in [6.45, 7) is 2.04. The number of hydrogen-bond acceptors (Lipinski definition) is 1. The van der Waals surface area contributed by atoms with Crippen molar-refractivity contribution < 1.29 is 4.79 Å². The third-order valence-corrected chi connectivity index (χ3v) is 3.31. The summed E-state index contributed by atoms with van der Waals surface area (Å²) in [5.74, 6) is 0. The van der Waals surface area contributed by atoms with Crippen LogP contribution < -0.4 is 0 Å². The van der Waals surface area contributed by atoms with E-state index in [0.717, 1.165) is 34.2 Å². The van der Waals surface area contributed by atoms with E-state index in [4.69, 9.17) is 0 Å². The Morgan fingerprint density at radius 1 is 1.00 bits per heavy atom. The number of rotatable bonds is 2. The average Bonchev–Trinajstić information content (AvgIpc) is 2.73. The van der Waals surface area contributed by atoms with Gasteiger partial charge in [-0.1, -0.05) is 36.4 Å². The second kappa shape index (κ2) is 4.15. The van der Waals surface area contributed by atoms with Gasteiger partial charge in [-0.2, -0.15) is 0 Å². The van der Waals surface area contributed by atoms with E-state index in [1.165, 1.54) is 0 Å². The molecule has 0 radical (unpaired) electrons. The van der Waals surface area contributed by atoms with Crippen LogP contribution in [0.4, 0.5) is 0 Å². The third-order valence-electron chi connectivity index (χ3n) is 3.31.